The number of piperazine rings is 2. The van der Waals surface area contributed by atoms with Gasteiger partial charge in [0, 0.05) is 69.2 Å². The highest BCUT2D eigenvalue weighted by molar-refractivity contribution is 6.07. The zero-order valence-electron chi connectivity index (χ0n) is 20.7. The van der Waals surface area contributed by atoms with Gasteiger partial charge < -0.3 is 14.7 Å². The standard InChI is InChI=1S/C28H33FN6O/c29-24-11-5-6-12-25(24)33-15-17-34(18-16-33)27-23-10-4-3-9-22(23)26(30-31-27)28(36)35-19-13-32(14-20-35)21-7-1-2-8-21/h3-6,9-12,21H,1-2,7-8,13-20H2. The third-order valence-electron chi connectivity index (χ3n) is 8.09. The smallest absolute Gasteiger partial charge is 0.275 e. The number of benzene rings is 2. The minimum absolute atomic E-state index is 0.0271. The molecular weight excluding hydrogens is 455 g/mol. The molecule has 8 heteroatoms. The molecule has 188 valence electrons. The van der Waals surface area contributed by atoms with Gasteiger partial charge in [-0.15, -0.1) is 10.2 Å². The zero-order chi connectivity index (χ0) is 24.5. The molecule has 3 heterocycles. The van der Waals surface area contributed by atoms with Crippen LogP contribution in [0.15, 0.2) is 48.5 Å². The summed E-state index contributed by atoms with van der Waals surface area (Å²) in [5.41, 5.74) is 1.08. The van der Waals surface area contributed by atoms with Gasteiger partial charge in [0.1, 0.15) is 5.82 Å². The first-order valence-corrected chi connectivity index (χ1v) is 13.2. The van der Waals surface area contributed by atoms with Crippen LogP contribution in [-0.4, -0.2) is 84.3 Å². The molecule has 1 amide bonds. The SMILES string of the molecule is O=C(c1nnc(N2CCN(c3ccccc3F)CC2)c2ccccc12)N1CCN(C2CCCC2)CC1. The second-order valence-electron chi connectivity index (χ2n) is 10.1. The van der Waals surface area contributed by atoms with Crippen LogP contribution < -0.4 is 9.80 Å². The predicted octanol–water partition coefficient (Wildman–Crippen LogP) is 3.80. The van der Waals surface area contributed by atoms with Gasteiger partial charge in [-0.25, -0.2) is 4.39 Å². The lowest BCUT2D eigenvalue weighted by Crippen LogP contribution is -2.51. The van der Waals surface area contributed by atoms with E-state index in [0.29, 0.717) is 43.6 Å². The summed E-state index contributed by atoms with van der Waals surface area (Å²) < 4.78 is 14.3. The van der Waals surface area contributed by atoms with Crippen molar-refractivity contribution in [2.75, 3.05) is 62.2 Å². The van der Waals surface area contributed by atoms with E-state index in [-0.39, 0.29) is 11.7 Å². The molecule has 0 atom stereocenters. The third-order valence-corrected chi connectivity index (χ3v) is 8.09. The Morgan fingerprint density at radius 1 is 0.750 bits per heavy atom. The van der Waals surface area contributed by atoms with Gasteiger partial charge in [0.2, 0.25) is 0 Å². The number of aromatic nitrogens is 2. The number of anilines is 2. The van der Waals surface area contributed by atoms with Crippen molar-refractivity contribution in [1.82, 2.24) is 20.0 Å². The molecule has 0 N–H and O–H groups in total. The fourth-order valence-electron chi connectivity index (χ4n) is 6.06. The van der Waals surface area contributed by atoms with Crippen molar-refractivity contribution >= 4 is 28.2 Å². The molecule has 1 saturated carbocycles. The van der Waals surface area contributed by atoms with Crippen molar-refractivity contribution in [1.29, 1.82) is 0 Å². The molecule has 0 bridgehead atoms. The van der Waals surface area contributed by atoms with Crippen LogP contribution in [0.2, 0.25) is 0 Å². The molecule has 7 nitrogen and oxygen atoms in total. The Kier molecular flexibility index (Phi) is 6.44. The number of carbonyl (C=O) groups is 1. The summed E-state index contributed by atoms with van der Waals surface area (Å²) in [4.78, 5) is 22.3. The first-order chi connectivity index (χ1) is 17.7. The van der Waals surface area contributed by atoms with E-state index in [2.05, 4.69) is 24.9 Å². The molecule has 3 aliphatic rings. The lowest BCUT2D eigenvalue weighted by Gasteiger charge is -2.38. The topological polar surface area (TPSA) is 55.8 Å². The molecule has 2 aromatic carbocycles. The molecule has 0 unspecified atom stereocenters. The van der Waals surface area contributed by atoms with Crippen LogP contribution in [0, 0.1) is 5.82 Å². The highest BCUT2D eigenvalue weighted by atomic mass is 19.1. The number of carbonyl (C=O) groups excluding carboxylic acids is 1. The van der Waals surface area contributed by atoms with Crippen molar-refractivity contribution in [3.05, 3.63) is 60.0 Å². The summed E-state index contributed by atoms with van der Waals surface area (Å²) in [5.74, 6) is 0.574. The maximum Gasteiger partial charge on any atom is 0.275 e. The summed E-state index contributed by atoms with van der Waals surface area (Å²) in [7, 11) is 0. The van der Waals surface area contributed by atoms with E-state index >= 15 is 0 Å². The van der Waals surface area contributed by atoms with Crippen LogP contribution in [0.5, 0.6) is 0 Å². The molecule has 6 rings (SSSR count). The summed E-state index contributed by atoms with van der Waals surface area (Å²) in [6.45, 7) is 6.17. The zero-order valence-corrected chi connectivity index (χ0v) is 20.7. The van der Waals surface area contributed by atoms with Gasteiger partial charge in [-0.1, -0.05) is 49.2 Å². The monoisotopic (exact) mass is 488 g/mol. The van der Waals surface area contributed by atoms with Crippen molar-refractivity contribution in [2.24, 2.45) is 0 Å². The van der Waals surface area contributed by atoms with E-state index in [9.17, 15) is 9.18 Å². The van der Waals surface area contributed by atoms with Crippen molar-refractivity contribution < 1.29 is 9.18 Å². The minimum Gasteiger partial charge on any atom is -0.366 e. The fraction of sp³-hybridized carbons (Fsp3) is 0.464. The highest BCUT2D eigenvalue weighted by Gasteiger charge is 2.30. The normalized spacial score (nSPS) is 19.9. The first kappa shape index (κ1) is 23.2. The average molecular weight is 489 g/mol. The summed E-state index contributed by atoms with van der Waals surface area (Å²) in [6, 6.07) is 15.6. The maximum absolute atomic E-state index is 14.3. The quantitative estimate of drug-likeness (QED) is 0.557. The Morgan fingerprint density at radius 3 is 2.11 bits per heavy atom. The molecule has 0 spiro atoms. The summed E-state index contributed by atoms with van der Waals surface area (Å²) >= 11 is 0. The number of fused-ring (bicyclic) bond motifs is 1. The number of nitrogens with zero attached hydrogens (tertiary/aromatic N) is 6. The Morgan fingerprint density at radius 2 is 1.39 bits per heavy atom. The van der Waals surface area contributed by atoms with Crippen LogP contribution in [0.4, 0.5) is 15.9 Å². The second-order valence-corrected chi connectivity index (χ2v) is 10.1. The molecule has 0 radical (unpaired) electrons. The highest BCUT2D eigenvalue weighted by Crippen LogP contribution is 2.29. The number of hydrogen-bond acceptors (Lipinski definition) is 6. The van der Waals surface area contributed by atoms with Crippen LogP contribution >= 0.6 is 0 Å². The Bertz CT molecular complexity index is 1230. The van der Waals surface area contributed by atoms with Crippen LogP contribution in [0.1, 0.15) is 36.2 Å². The first-order valence-electron chi connectivity index (χ1n) is 13.2. The second kappa shape index (κ2) is 10.0. The van der Waals surface area contributed by atoms with Gasteiger partial charge in [0.15, 0.2) is 11.5 Å². The predicted molar refractivity (Wildman–Crippen MR) is 140 cm³/mol. The number of halogens is 1. The largest absolute Gasteiger partial charge is 0.366 e. The van der Waals surface area contributed by atoms with Gasteiger partial charge in [0.25, 0.3) is 5.91 Å². The van der Waals surface area contributed by atoms with Gasteiger partial charge >= 0.3 is 0 Å². The van der Waals surface area contributed by atoms with Crippen molar-refractivity contribution in [3.8, 4) is 0 Å². The van der Waals surface area contributed by atoms with E-state index in [1.165, 1.54) is 31.7 Å². The molecule has 3 aromatic rings. The lowest BCUT2D eigenvalue weighted by atomic mass is 10.1. The van der Waals surface area contributed by atoms with E-state index in [1.807, 2.05) is 41.3 Å². The van der Waals surface area contributed by atoms with Crippen molar-refractivity contribution in [2.45, 2.75) is 31.7 Å². The van der Waals surface area contributed by atoms with E-state index in [1.54, 1.807) is 6.07 Å². The number of para-hydroxylation sites is 1. The summed E-state index contributed by atoms with van der Waals surface area (Å²) in [5, 5.41) is 10.8. The van der Waals surface area contributed by atoms with Crippen molar-refractivity contribution in [3.63, 3.8) is 0 Å². The van der Waals surface area contributed by atoms with E-state index in [0.717, 1.165) is 42.8 Å². The third kappa shape index (κ3) is 4.39. The number of hydrogen-bond donors (Lipinski definition) is 0. The Labute approximate surface area is 211 Å². The van der Waals surface area contributed by atoms with Crippen LogP contribution in [-0.2, 0) is 0 Å². The molecule has 1 aliphatic carbocycles. The lowest BCUT2D eigenvalue weighted by molar-refractivity contribution is 0.0569. The van der Waals surface area contributed by atoms with Gasteiger partial charge in [-0.05, 0) is 25.0 Å². The molecule has 3 fully saturated rings. The molecular formula is C28H33FN6O. The van der Waals surface area contributed by atoms with Gasteiger partial charge in [0.05, 0.1) is 5.69 Å². The van der Waals surface area contributed by atoms with E-state index in [4.69, 9.17) is 0 Å². The molecule has 2 saturated heterocycles. The molecule has 2 aliphatic heterocycles. The minimum atomic E-state index is -0.192. The fourth-order valence-corrected chi connectivity index (χ4v) is 6.06. The van der Waals surface area contributed by atoms with Gasteiger partial charge in [-0.2, -0.15) is 0 Å². The Balaban J connectivity index is 1.18. The average Bonchev–Trinajstić information content (AvgIpc) is 3.48. The summed E-state index contributed by atoms with van der Waals surface area (Å²) in [6.07, 6.45) is 5.24. The van der Waals surface area contributed by atoms with Crippen LogP contribution in [0.3, 0.4) is 0 Å². The Hall–Kier alpha value is -3.26. The van der Waals surface area contributed by atoms with Gasteiger partial charge in [-0.3, -0.25) is 9.69 Å². The maximum atomic E-state index is 14.3. The number of amides is 1. The van der Waals surface area contributed by atoms with Crippen LogP contribution in [0.25, 0.3) is 10.8 Å². The number of rotatable bonds is 4. The van der Waals surface area contributed by atoms with E-state index < -0.39 is 0 Å². The molecule has 1 aromatic heterocycles. The molecule has 36 heavy (non-hydrogen) atoms.